The lowest BCUT2D eigenvalue weighted by Crippen LogP contribution is -2.29. The summed E-state index contributed by atoms with van der Waals surface area (Å²) in [6.45, 7) is 4.63. The second-order valence-electron chi connectivity index (χ2n) is 6.72. The van der Waals surface area contributed by atoms with Crippen LogP contribution in [-0.2, 0) is 0 Å². The first-order valence-corrected chi connectivity index (χ1v) is 9.75. The number of carbonyl (C=O) groups is 1. The number of amides is 2. The molecular weight excluding hydrogens is 384 g/mol. The van der Waals surface area contributed by atoms with Gasteiger partial charge in [-0.1, -0.05) is 13.3 Å². The van der Waals surface area contributed by atoms with E-state index in [-0.39, 0.29) is 6.03 Å². The van der Waals surface area contributed by atoms with Crippen molar-refractivity contribution in [1.29, 1.82) is 0 Å². The van der Waals surface area contributed by atoms with Crippen LogP contribution in [0, 0.1) is 6.92 Å². The minimum absolute atomic E-state index is 0.219. The fourth-order valence-electron chi connectivity index (χ4n) is 2.94. The van der Waals surface area contributed by atoms with E-state index in [4.69, 9.17) is 14.2 Å². The van der Waals surface area contributed by atoms with Crippen molar-refractivity contribution in [2.45, 2.75) is 26.7 Å². The zero-order valence-electron chi connectivity index (χ0n) is 17.6. The van der Waals surface area contributed by atoms with Crippen LogP contribution < -0.4 is 24.8 Å². The van der Waals surface area contributed by atoms with Gasteiger partial charge in [0.1, 0.15) is 12.1 Å². The van der Waals surface area contributed by atoms with Gasteiger partial charge in [0.15, 0.2) is 11.5 Å². The Morgan fingerprint density at radius 3 is 2.53 bits per heavy atom. The number of nitrogens with one attached hydrogen (secondary N) is 2. The number of aryl methyl sites for hydroxylation is 1. The van der Waals surface area contributed by atoms with Gasteiger partial charge >= 0.3 is 6.03 Å². The molecule has 1 heterocycles. The van der Waals surface area contributed by atoms with E-state index >= 15 is 0 Å². The van der Waals surface area contributed by atoms with Crippen LogP contribution in [-0.4, -0.2) is 36.8 Å². The number of carbonyl (C=O) groups excluding carboxylic acids is 1. The maximum Gasteiger partial charge on any atom is 0.319 e. The van der Waals surface area contributed by atoms with E-state index in [0.717, 1.165) is 24.1 Å². The number of unbranched alkanes of at least 4 members (excludes halogenated alkanes) is 1. The molecule has 0 fully saturated rings. The highest BCUT2D eigenvalue weighted by Crippen LogP contribution is 2.36. The summed E-state index contributed by atoms with van der Waals surface area (Å²) >= 11 is 0. The molecule has 0 aliphatic heterocycles. The number of hydrogen-bond acceptors (Lipinski definition) is 6. The normalized spacial score (nSPS) is 10.5. The molecule has 30 heavy (non-hydrogen) atoms. The second-order valence-corrected chi connectivity index (χ2v) is 6.72. The first kappa shape index (κ1) is 21.2. The molecular formula is C22H26N4O4. The molecule has 0 bridgehead atoms. The van der Waals surface area contributed by atoms with Crippen molar-refractivity contribution in [2.24, 2.45) is 0 Å². The van der Waals surface area contributed by atoms with Crippen molar-refractivity contribution in [3.63, 3.8) is 0 Å². The second kappa shape index (κ2) is 9.78. The van der Waals surface area contributed by atoms with Crippen LogP contribution in [0.5, 0.6) is 23.1 Å². The predicted molar refractivity (Wildman–Crippen MR) is 116 cm³/mol. The largest absolute Gasteiger partial charge is 0.493 e. The fraction of sp³-hybridized carbons (Fsp3) is 0.318. The highest BCUT2D eigenvalue weighted by molar-refractivity contribution is 5.90. The molecule has 3 rings (SSSR count). The van der Waals surface area contributed by atoms with Crippen LogP contribution >= 0.6 is 0 Å². The number of rotatable bonds is 8. The molecule has 3 aromatic rings. The van der Waals surface area contributed by atoms with Crippen LogP contribution in [0.3, 0.4) is 0 Å². The van der Waals surface area contributed by atoms with E-state index in [1.165, 1.54) is 6.33 Å². The van der Waals surface area contributed by atoms with Crippen molar-refractivity contribution in [3.05, 3.63) is 42.2 Å². The number of methoxy groups -OCH3 is 2. The first-order chi connectivity index (χ1) is 14.5. The van der Waals surface area contributed by atoms with Gasteiger partial charge in [-0.15, -0.1) is 0 Å². The van der Waals surface area contributed by atoms with Gasteiger partial charge in [0.25, 0.3) is 0 Å². The number of ether oxygens (including phenoxy) is 3. The summed E-state index contributed by atoms with van der Waals surface area (Å²) in [7, 11) is 3.15. The van der Waals surface area contributed by atoms with Crippen molar-refractivity contribution < 1.29 is 19.0 Å². The molecule has 8 nitrogen and oxygen atoms in total. The topological polar surface area (TPSA) is 94.6 Å². The number of urea groups is 1. The molecule has 0 saturated carbocycles. The molecule has 0 aliphatic carbocycles. The number of benzene rings is 2. The molecule has 0 atom stereocenters. The predicted octanol–water partition coefficient (Wildman–Crippen LogP) is 4.67. The highest BCUT2D eigenvalue weighted by Gasteiger charge is 2.13. The third-order valence-corrected chi connectivity index (χ3v) is 4.58. The summed E-state index contributed by atoms with van der Waals surface area (Å²) in [5, 5.41) is 6.39. The average Bonchev–Trinajstić information content (AvgIpc) is 2.75. The Morgan fingerprint density at radius 2 is 1.83 bits per heavy atom. The third kappa shape index (κ3) is 4.89. The monoisotopic (exact) mass is 410 g/mol. The maximum absolute atomic E-state index is 12.0. The van der Waals surface area contributed by atoms with Gasteiger partial charge < -0.3 is 24.8 Å². The minimum Gasteiger partial charge on any atom is -0.493 e. The Bertz CT molecular complexity index is 1040. The lowest BCUT2D eigenvalue weighted by atomic mass is 10.2. The fourth-order valence-corrected chi connectivity index (χ4v) is 2.94. The van der Waals surface area contributed by atoms with Gasteiger partial charge in [0.2, 0.25) is 5.88 Å². The van der Waals surface area contributed by atoms with Crippen molar-refractivity contribution >= 4 is 22.6 Å². The molecule has 2 N–H and O–H groups in total. The molecule has 1 aromatic heterocycles. The summed E-state index contributed by atoms with van der Waals surface area (Å²) in [6, 6.07) is 8.77. The van der Waals surface area contributed by atoms with E-state index in [1.54, 1.807) is 38.5 Å². The van der Waals surface area contributed by atoms with Crippen molar-refractivity contribution in [3.8, 4) is 23.1 Å². The van der Waals surface area contributed by atoms with Crippen LogP contribution in [0.4, 0.5) is 10.5 Å². The Labute approximate surface area is 175 Å². The Balaban J connectivity index is 1.80. The quantitative estimate of drug-likeness (QED) is 0.524. The van der Waals surface area contributed by atoms with Crippen LogP contribution in [0.25, 0.3) is 10.9 Å². The average molecular weight is 410 g/mol. The summed E-state index contributed by atoms with van der Waals surface area (Å²) < 4.78 is 16.7. The minimum atomic E-state index is -0.219. The third-order valence-electron chi connectivity index (χ3n) is 4.58. The smallest absolute Gasteiger partial charge is 0.319 e. The zero-order valence-corrected chi connectivity index (χ0v) is 17.6. The number of hydrogen-bond donors (Lipinski definition) is 2. The lowest BCUT2D eigenvalue weighted by molar-refractivity contribution is 0.252. The molecule has 8 heteroatoms. The van der Waals surface area contributed by atoms with Gasteiger partial charge in [-0.3, -0.25) is 0 Å². The standard InChI is InChI=1S/C22H26N4O4/c1-5-6-9-23-22(27)26-17-8-7-15(10-14(17)2)30-21-16-11-19(28-3)20(29-4)12-18(16)24-13-25-21/h7-8,10-13H,5-6,9H2,1-4H3,(H2,23,26,27). The van der Waals surface area contributed by atoms with Crippen LogP contribution in [0.2, 0.25) is 0 Å². The van der Waals surface area contributed by atoms with Crippen molar-refractivity contribution in [2.75, 3.05) is 26.1 Å². The molecule has 0 spiro atoms. The van der Waals surface area contributed by atoms with E-state index in [2.05, 4.69) is 27.5 Å². The Hall–Kier alpha value is -3.55. The molecule has 0 unspecified atom stereocenters. The van der Waals surface area contributed by atoms with Crippen molar-refractivity contribution in [1.82, 2.24) is 15.3 Å². The molecule has 158 valence electrons. The maximum atomic E-state index is 12.0. The number of anilines is 1. The van der Waals surface area contributed by atoms with Gasteiger partial charge in [-0.2, -0.15) is 0 Å². The van der Waals surface area contributed by atoms with Gasteiger partial charge in [0, 0.05) is 18.3 Å². The molecule has 0 aliphatic rings. The molecule has 2 amide bonds. The number of nitrogens with zero attached hydrogens (tertiary/aromatic N) is 2. The summed E-state index contributed by atoms with van der Waals surface area (Å²) in [6.07, 6.45) is 3.41. The van der Waals surface area contributed by atoms with Gasteiger partial charge in [-0.05, 0) is 43.2 Å². The van der Waals surface area contributed by atoms with E-state index in [1.807, 2.05) is 13.0 Å². The molecule has 0 radical (unpaired) electrons. The van der Waals surface area contributed by atoms with E-state index < -0.39 is 0 Å². The van der Waals surface area contributed by atoms with E-state index in [0.29, 0.717) is 40.6 Å². The molecule has 2 aromatic carbocycles. The first-order valence-electron chi connectivity index (χ1n) is 9.75. The highest BCUT2D eigenvalue weighted by atomic mass is 16.5. The SMILES string of the molecule is CCCCNC(=O)Nc1ccc(Oc2ncnc3cc(OC)c(OC)cc23)cc1C. The van der Waals surface area contributed by atoms with Crippen LogP contribution in [0.15, 0.2) is 36.7 Å². The van der Waals surface area contributed by atoms with Gasteiger partial charge in [-0.25, -0.2) is 14.8 Å². The number of fused-ring (bicyclic) bond motifs is 1. The number of aromatic nitrogens is 2. The summed E-state index contributed by atoms with van der Waals surface area (Å²) in [5.74, 6) is 2.14. The Morgan fingerprint density at radius 1 is 1.07 bits per heavy atom. The Kier molecular flexibility index (Phi) is 6.90. The van der Waals surface area contributed by atoms with Gasteiger partial charge in [0.05, 0.1) is 25.1 Å². The van der Waals surface area contributed by atoms with Crippen LogP contribution in [0.1, 0.15) is 25.3 Å². The summed E-state index contributed by atoms with van der Waals surface area (Å²) in [5.41, 5.74) is 2.27. The van der Waals surface area contributed by atoms with E-state index in [9.17, 15) is 4.79 Å². The lowest BCUT2D eigenvalue weighted by Gasteiger charge is -2.13. The summed E-state index contributed by atoms with van der Waals surface area (Å²) in [4.78, 5) is 20.5. The molecule has 0 saturated heterocycles. The zero-order chi connectivity index (χ0) is 21.5.